The standard InChI is InChI=1S/La.Mg.O4Si.Sr/c;;1-5(2,3)4;/q;+2;-4;+2. The van der Waals surface area contributed by atoms with Crippen LogP contribution in [0.25, 0.3) is 0 Å². The molecule has 0 heterocycles. The molecule has 0 N–H and O–H groups in total. The van der Waals surface area contributed by atoms with E-state index < -0.39 is 9.05 Å². The van der Waals surface area contributed by atoms with Gasteiger partial charge in [0, 0.05) is 35.6 Å². The molecule has 35 valence electrons. The maximum Gasteiger partial charge on any atom is 2.00 e. The quantitative estimate of drug-likeness (QED) is 0.410. The van der Waals surface area contributed by atoms with Crippen LogP contribution < -0.4 is 19.2 Å². The molecule has 0 amide bonds. The van der Waals surface area contributed by atoms with E-state index >= 15 is 0 Å². The Hall–Kier alpha value is 3.50. The van der Waals surface area contributed by atoms with Crippen molar-refractivity contribution in [3.63, 3.8) is 0 Å². The number of rotatable bonds is 0. The summed E-state index contributed by atoms with van der Waals surface area (Å²) in [6, 6.07) is 0. The van der Waals surface area contributed by atoms with E-state index in [1.54, 1.807) is 0 Å². The summed E-state index contributed by atoms with van der Waals surface area (Å²) >= 11 is 0. The molecule has 0 aliphatic carbocycles. The van der Waals surface area contributed by atoms with Gasteiger partial charge >= 0.3 is 68.5 Å². The molecule has 0 saturated carbocycles. The van der Waals surface area contributed by atoms with Crippen LogP contribution in [-0.2, 0) is 0 Å². The first-order chi connectivity index (χ1) is 2.00. The van der Waals surface area contributed by atoms with Gasteiger partial charge < -0.3 is 28.2 Å². The molecular formula is LaMgO4SiSr. The van der Waals surface area contributed by atoms with E-state index in [1.165, 1.54) is 0 Å². The molecule has 8 heteroatoms. The minimum atomic E-state index is -5.61. The smallest absolute Gasteiger partial charge is 0.894 e. The van der Waals surface area contributed by atoms with Gasteiger partial charge in [-0.15, -0.1) is 0 Å². The zero-order valence-electron chi connectivity index (χ0n) is 4.12. The molecule has 0 rings (SSSR count). The minimum Gasteiger partial charge on any atom is -0.894 e. The predicted molar refractivity (Wildman–Crippen MR) is 17.3 cm³/mol. The molecule has 0 unspecified atom stereocenters. The van der Waals surface area contributed by atoms with E-state index in [2.05, 4.69) is 0 Å². The molecule has 0 saturated heterocycles. The van der Waals surface area contributed by atoms with E-state index in [0.717, 1.165) is 0 Å². The van der Waals surface area contributed by atoms with Crippen molar-refractivity contribution < 1.29 is 54.8 Å². The summed E-state index contributed by atoms with van der Waals surface area (Å²) in [5.41, 5.74) is 0. The van der Waals surface area contributed by atoms with Gasteiger partial charge in [-0.05, 0) is 0 Å². The normalized spacial score (nSPS) is 7.50. The molecule has 1 radical (unpaired) electrons. The molecule has 0 aromatic rings. The fraction of sp³-hybridized carbons (Fsp3) is 0. The van der Waals surface area contributed by atoms with E-state index in [9.17, 15) is 0 Å². The van der Waals surface area contributed by atoms with Gasteiger partial charge in [0.15, 0.2) is 0 Å². The van der Waals surface area contributed by atoms with Crippen molar-refractivity contribution in [2.75, 3.05) is 0 Å². The third-order valence-corrected chi connectivity index (χ3v) is 0. The van der Waals surface area contributed by atoms with Crippen LogP contribution in [0.15, 0.2) is 0 Å². The van der Waals surface area contributed by atoms with E-state index in [4.69, 9.17) is 19.2 Å². The average Bonchev–Trinajstić information content (AvgIpc) is 0.722. The SMILES string of the molecule is [La].[Mg+2].[O-][Si]([O-])([O-])[O-].[Sr+2]. The van der Waals surface area contributed by atoms with E-state index in [1.807, 2.05) is 0 Å². The summed E-state index contributed by atoms with van der Waals surface area (Å²) < 4.78 is 0. The number of hydrogen-bond donors (Lipinski definition) is 0. The first-order valence-corrected chi connectivity index (χ1v) is 2.45. The molecule has 0 fully saturated rings. The van der Waals surface area contributed by atoms with Crippen LogP contribution in [0.1, 0.15) is 0 Å². The zero-order valence-corrected chi connectivity index (χ0v) is 13.6. The molecule has 0 bridgehead atoms. The summed E-state index contributed by atoms with van der Waals surface area (Å²) in [6.07, 6.45) is 0. The van der Waals surface area contributed by atoms with Gasteiger partial charge in [-0.1, -0.05) is 0 Å². The second-order valence-electron chi connectivity index (χ2n) is 0.500. The molecule has 8 heavy (non-hydrogen) atoms. The Morgan fingerprint density at radius 3 is 0.875 bits per heavy atom. The molecule has 0 aliphatic heterocycles. The van der Waals surface area contributed by atoms with Crippen LogP contribution in [0.2, 0.25) is 0 Å². The first kappa shape index (κ1) is 22.5. The Morgan fingerprint density at radius 1 is 0.875 bits per heavy atom. The first-order valence-electron chi connectivity index (χ1n) is 0.816. The molecule has 0 aromatic carbocycles. The van der Waals surface area contributed by atoms with Gasteiger partial charge in [0.05, 0.1) is 0 Å². The summed E-state index contributed by atoms with van der Waals surface area (Å²) in [4.78, 5) is 34.3. The Kier molecular flexibility index (Phi) is 29.6. The second kappa shape index (κ2) is 10.5. The van der Waals surface area contributed by atoms with Crippen LogP contribution >= 0.6 is 0 Å². The molecule has 4 nitrogen and oxygen atoms in total. The van der Waals surface area contributed by atoms with Crippen molar-refractivity contribution in [1.82, 2.24) is 0 Å². The Morgan fingerprint density at radius 2 is 0.875 bits per heavy atom. The molecule has 0 aliphatic rings. The van der Waals surface area contributed by atoms with Gasteiger partial charge in [0.2, 0.25) is 0 Å². The largest absolute Gasteiger partial charge is 2.00 e. The molecule has 0 spiro atoms. The fourth-order valence-corrected chi connectivity index (χ4v) is 0. The second-order valence-corrected chi connectivity index (χ2v) is 1.50. The monoisotopic (exact) mass is 343 g/mol. The van der Waals surface area contributed by atoms with Crippen molar-refractivity contribution in [3.05, 3.63) is 0 Å². The van der Waals surface area contributed by atoms with Crippen molar-refractivity contribution in [2.24, 2.45) is 0 Å². The third kappa shape index (κ3) is 56.1. The van der Waals surface area contributed by atoms with Gasteiger partial charge in [-0.3, -0.25) is 0 Å². The van der Waals surface area contributed by atoms with Gasteiger partial charge in [-0.2, -0.15) is 0 Å². The summed E-state index contributed by atoms with van der Waals surface area (Å²) in [6.45, 7) is 0. The van der Waals surface area contributed by atoms with Crippen molar-refractivity contribution >= 4 is 77.6 Å². The Balaban J connectivity index is -0.0000000267. The van der Waals surface area contributed by atoms with Crippen molar-refractivity contribution in [3.8, 4) is 0 Å². The van der Waals surface area contributed by atoms with Crippen LogP contribution in [0, 0.1) is 35.6 Å². The Bertz CT molecular complexity index is 31.5. The van der Waals surface area contributed by atoms with Gasteiger partial charge in [0.1, 0.15) is 0 Å². The number of hydrogen-bond acceptors (Lipinski definition) is 4. The molecular weight excluding hydrogens is 343 g/mol. The summed E-state index contributed by atoms with van der Waals surface area (Å²) in [7, 11) is -5.61. The minimum absolute atomic E-state index is 0. The average molecular weight is 343 g/mol. The Labute approximate surface area is 129 Å². The van der Waals surface area contributed by atoms with Crippen LogP contribution in [0.3, 0.4) is 0 Å². The van der Waals surface area contributed by atoms with E-state index in [-0.39, 0.29) is 104 Å². The molecule has 0 aromatic heterocycles. The predicted octanol–water partition coefficient (Wildman–Crippen LogP) is -5.90. The fourth-order valence-electron chi connectivity index (χ4n) is 0. The van der Waals surface area contributed by atoms with Crippen molar-refractivity contribution in [1.29, 1.82) is 0 Å². The zero-order chi connectivity index (χ0) is 4.50. The van der Waals surface area contributed by atoms with Crippen LogP contribution in [-0.4, -0.2) is 77.6 Å². The summed E-state index contributed by atoms with van der Waals surface area (Å²) in [5.74, 6) is 0. The van der Waals surface area contributed by atoms with Crippen molar-refractivity contribution in [2.45, 2.75) is 0 Å². The van der Waals surface area contributed by atoms with Crippen LogP contribution in [0.4, 0.5) is 0 Å². The topological polar surface area (TPSA) is 92.2 Å². The van der Waals surface area contributed by atoms with Gasteiger partial charge in [-0.25, -0.2) is 0 Å². The summed E-state index contributed by atoms with van der Waals surface area (Å²) in [5, 5.41) is 0. The maximum atomic E-state index is 8.58. The van der Waals surface area contributed by atoms with Crippen LogP contribution in [0.5, 0.6) is 0 Å². The van der Waals surface area contributed by atoms with Gasteiger partial charge in [0.25, 0.3) is 0 Å². The molecule has 0 atom stereocenters. The maximum absolute atomic E-state index is 8.58. The van der Waals surface area contributed by atoms with E-state index in [0.29, 0.717) is 0 Å². The third-order valence-electron chi connectivity index (χ3n) is 0.